The predicted molar refractivity (Wildman–Crippen MR) is 90.1 cm³/mol. The molecule has 1 heterocycles. The van der Waals surface area contributed by atoms with Crippen LogP contribution in [0.25, 0.3) is 0 Å². The Hall–Kier alpha value is -1.99. The molecule has 1 fully saturated rings. The highest BCUT2D eigenvalue weighted by atomic mass is 16.5. The molecule has 1 aliphatic heterocycles. The van der Waals surface area contributed by atoms with E-state index in [2.05, 4.69) is 20.5 Å². The molecule has 0 atom stereocenters. The number of morpholine rings is 1. The molecule has 0 aromatic heterocycles. The van der Waals surface area contributed by atoms with E-state index in [9.17, 15) is 5.11 Å². The van der Waals surface area contributed by atoms with Crippen LogP contribution in [0.1, 0.15) is 5.56 Å². The quantitative estimate of drug-likeness (QED) is 0.520. The number of nitrogens with zero attached hydrogens (tertiary/aromatic N) is 2. The van der Waals surface area contributed by atoms with Gasteiger partial charge in [-0.2, -0.15) is 0 Å². The molecule has 3 N–H and O–H groups in total. The maximum absolute atomic E-state index is 9.89. The summed E-state index contributed by atoms with van der Waals surface area (Å²) in [7, 11) is 3.34. The van der Waals surface area contributed by atoms with Gasteiger partial charge in [0, 0.05) is 45.3 Å². The molecule has 0 amide bonds. The number of methoxy groups -OCH3 is 1. The number of rotatable bonds is 6. The fourth-order valence-corrected chi connectivity index (χ4v) is 2.39. The molecule has 7 heteroatoms. The predicted octanol–water partition coefficient (Wildman–Crippen LogP) is 0.398. The lowest BCUT2D eigenvalue weighted by atomic mass is 10.2. The van der Waals surface area contributed by atoms with Crippen LogP contribution in [-0.2, 0) is 11.3 Å². The molecule has 1 aromatic rings. The molecule has 0 bridgehead atoms. The van der Waals surface area contributed by atoms with Crippen molar-refractivity contribution in [1.29, 1.82) is 0 Å². The van der Waals surface area contributed by atoms with Gasteiger partial charge >= 0.3 is 0 Å². The molecule has 23 heavy (non-hydrogen) atoms. The summed E-state index contributed by atoms with van der Waals surface area (Å²) in [5.74, 6) is 1.66. The summed E-state index contributed by atoms with van der Waals surface area (Å²) in [4.78, 5) is 6.56. The van der Waals surface area contributed by atoms with Crippen LogP contribution in [0.5, 0.6) is 11.5 Å². The number of phenols is 1. The van der Waals surface area contributed by atoms with Crippen molar-refractivity contribution in [1.82, 2.24) is 15.5 Å². The van der Waals surface area contributed by atoms with Crippen molar-refractivity contribution in [2.24, 2.45) is 4.99 Å². The summed E-state index contributed by atoms with van der Waals surface area (Å²) in [6, 6.07) is 5.17. The van der Waals surface area contributed by atoms with Crippen LogP contribution in [0.3, 0.4) is 0 Å². The van der Waals surface area contributed by atoms with Crippen LogP contribution in [0.2, 0.25) is 0 Å². The number of ether oxygens (including phenoxy) is 2. The van der Waals surface area contributed by atoms with E-state index in [4.69, 9.17) is 9.47 Å². The minimum atomic E-state index is 0.238. The Morgan fingerprint density at radius 3 is 2.83 bits per heavy atom. The van der Waals surface area contributed by atoms with E-state index in [0.717, 1.165) is 50.7 Å². The van der Waals surface area contributed by atoms with Gasteiger partial charge in [0.2, 0.25) is 0 Å². The number of nitrogens with one attached hydrogen (secondary N) is 2. The smallest absolute Gasteiger partial charge is 0.191 e. The average molecular weight is 322 g/mol. The topological polar surface area (TPSA) is 78.4 Å². The Balaban J connectivity index is 1.76. The third-order valence-corrected chi connectivity index (χ3v) is 3.78. The third kappa shape index (κ3) is 5.61. The van der Waals surface area contributed by atoms with Crippen molar-refractivity contribution in [2.45, 2.75) is 6.54 Å². The van der Waals surface area contributed by atoms with Gasteiger partial charge in [-0.15, -0.1) is 0 Å². The van der Waals surface area contributed by atoms with Gasteiger partial charge in [0.05, 0.1) is 20.3 Å². The molecule has 7 nitrogen and oxygen atoms in total. The molecule has 0 aliphatic carbocycles. The van der Waals surface area contributed by atoms with Crippen LogP contribution in [-0.4, -0.2) is 69.5 Å². The van der Waals surface area contributed by atoms with Crippen LogP contribution in [0.15, 0.2) is 23.2 Å². The van der Waals surface area contributed by atoms with Crippen molar-refractivity contribution in [3.63, 3.8) is 0 Å². The maximum atomic E-state index is 9.89. The number of hydrogen-bond donors (Lipinski definition) is 3. The van der Waals surface area contributed by atoms with Gasteiger partial charge in [-0.05, 0) is 18.2 Å². The first-order valence-corrected chi connectivity index (χ1v) is 7.83. The largest absolute Gasteiger partial charge is 0.508 e. The number of aliphatic imine (C=N–C) groups is 1. The Labute approximate surface area is 137 Å². The highest BCUT2D eigenvalue weighted by molar-refractivity contribution is 5.79. The Bertz CT molecular complexity index is 516. The van der Waals surface area contributed by atoms with Crippen LogP contribution < -0.4 is 15.4 Å². The van der Waals surface area contributed by atoms with Crippen molar-refractivity contribution < 1.29 is 14.6 Å². The molecule has 0 radical (unpaired) electrons. The molecular formula is C16H26N4O3. The Morgan fingerprint density at radius 2 is 2.13 bits per heavy atom. The first kappa shape index (κ1) is 17.4. The molecule has 128 valence electrons. The van der Waals surface area contributed by atoms with Crippen molar-refractivity contribution in [3.8, 4) is 11.5 Å². The number of aromatic hydroxyl groups is 1. The van der Waals surface area contributed by atoms with Crippen LogP contribution >= 0.6 is 0 Å². The SMILES string of the molecule is CN=C(NCCN1CCOCC1)NCc1cc(OC)ccc1O. The summed E-state index contributed by atoms with van der Waals surface area (Å²) in [6.45, 7) is 5.81. The normalized spacial score (nSPS) is 16.2. The van der Waals surface area contributed by atoms with Crippen molar-refractivity contribution >= 4 is 5.96 Å². The monoisotopic (exact) mass is 322 g/mol. The molecule has 2 rings (SSSR count). The van der Waals surface area contributed by atoms with Gasteiger partial charge < -0.3 is 25.2 Å². The molecule has 0 unspecified atom stereocenters. The minimum Gasteiger partial charge on any atom is -0.508 e. The fourth-order valence-electron chi connectivity index (χ4n) is 2.39. The second kappa shape index (κ2) is 9.22. The van der Waals surface area contributed by atoms with Gasteiger partial charge in [0.25, 0.3) is 0 Å². The zero-order valence-corrected chi connectivity index (χ0v) is 13.8. The number of hydrogen-bond acceptors (Lipinski definition) is 5. The number of benzene rings is 1. The molecule has 1 saturated heterocycles. The minimum absolute atomic E-state index is 0.238. The molecular weight excluding hydrogens is 296 g/mol. The summed E-state index contributed by atoms with van der Waals surface area (Å²) >= 11 is 0. The van der Waals surface area contributed by atoms with Crippen molar-refractivity contribution in [2.75, 3.05) is 53.6 Å². The van der Waals surface area contributed by atoms with E-state index in [0.29, 0.717) is 12.5 Å². The fraction of sp³-hybridized carbons (Fsp3) is 0.562. The zero-order valence-electron chi connectivity index (χ0n) is 13.8. The summed E-state index contributed by atoms with van der Waals surface area (Å²) in [6.07, 6.45) is 0. The van der Waals surface area contributed by atoms with E-state index in [1.807, 2.05) is 6.07 Å². The van der Waals surface area contributed by atoms with Gasteiger partial charge in [-0.25, -0.2) is 0 Å². The lowest BCUT2D eigenvalue weighted by molar-refractivity contribution is 0.0389. The summed E-state index contributed by atoms with van der Waals surface area (Å²) in [5.41, 5.74) is 0.764. The van der Waals surface area contributed by atoms with E-state index in [1.54, 1.807) is 26.3 Å². The highest BCUT2D eigenvalue weighted by Gasteiger charge is 2.10. The Morgan fingerprint density at radius 1 is 1.35 bits per heavy atom. The Kier molecular flexibility index (Phi) is 6.96. The second-order valence-electron chi connectivity index (χ2n) is 5.30. The molecule has 1 aromatic carbocycles. The highest BCUT2D eigenvalue weighted by Crippen LogP contribution is 2.22. The lowest BCUT2D eigenvalue weighted by Gasteiger charge is -2.26. The maximum Gasteiger partial charge on any atom is 0.191 e. The molecule has 0 spiro atoms. The molecule has 0 saturated carbocycles. The zero-order chi connectivity index (χ0) is 16.5. The van der Waals surface area contributed by atoms with Gasteiger partial charge in [0.15, 0.2) is 5.96 Å². The van der Waals surface area contributed by atoms with E-state index < -0.39 is 0 Å². The second-order valence-corrected chi connectivity index (χ2v) is 5.30. The van der Waals surface area contributed by atoms with E-state index in [1.165, 1.54) is 0 Å². The average Bonchev–Trinajstić information content (AvgIpc) is 2.60. The van der Waals surface area contributed by atoms with Crippen LogP contribution in [0, 0.1) is 0 Å². The first-order valence-electron chi connectivity index (χ1n) is 7.83. The van der Waals surface area contributed by atoms with Crippen molar-refractivity contribution in [3.05, 3.63) is 23.8 Å². The van der Waals surface area contributed by atoms with E-state index >= 15 is 0 Å². The summed E-state index contributed by atoms with van der Waals surface area (Å²) in [5, 5.41) is 16.4. The first-order chi connectivity index (χ1) is 11.2. The van der Waals surface area contributed by atoms with Gasteiger partial charge in [0.1, 0.15) is 11.5 Å². The number of guanidine groups is 1. The van der Waals surface area contributed by atoms with Crippen LogP contribution in [0.4, 0.5) is 0 Å². The third-order valence-electron chi connectivity index (χ3n) is 3.78. The molecule has 1 aliphatic rings. The lowest BCUT2D eigenvalue weighted by Crippen LogP contribution is -2.44. The number of phenolic OH excluding ortho intramolecular Hbond substituents is 1. The van der Waals surface area contributed by atoms with E-state index in [-0.39, 0.29) is 5.75 Å². The van der Waals surface area contributed by atoms with Gasteiger partial charge in [-0.3, -0.25) is 9.89 Å². The standard InChI is InChI=1S/C16H26N4O3/c1-17-16(18-5-6-20-7-9-23-10-8-20)19-12-13-11-14(22-2)3-4-15(13)21/h3-4,11,21H,5-10,12H2,1-2H3,(H2,17,18,19). The van der Waals surface area contributed by atoms with Gasteiger partial charge in [-0.1, -0.05) is 0 Å². The summed E-state index contributed by atoms with van der Waals surface area (Å²) < 4.78 is 10.5.